The summed E-state index contributed by atoms with van der Waals surface area (Å²) in [4.78, 5) is 12.3. The zero-order chi connectivity index (χ0) is 18.1. The summed E-state index contributed by atoms with van der Waals surface area (Å²) in [7, 11) is -4.27. The fourth-order valence-corrected chi connectivity index (χ4v) is 2.74. The fourth-order valence-electron chi connectivity index (χ4n) is 1.68. The van der Waals surface area contributed by atoms with E-state index in [1.165, 1.54) is 12.1 Å². The summed E-state index contributed by atoms with van der Waals surface area (Å²) in [6.07, 6.45) is -4.90. The fraction of sp³-hybridized carbons (Fsp3) is 0.0833. The van der Waals surface area contributed by atoms with Crippen LogP contribution < -0.4 is 10.5 Å². The Morgan fingerprint density at radius 2 is 1.71 bits per heavy atom. The van der Waals surface area contributed by atoms with Crippen LogP contribution in [-0.4, -0.2) is 18.3 Å². The Labute approximate surface area is 133 Å². The van der Waals surface area contributed by atoms with E-state index in [4.69, 9.17) is 5.73 Å². The van der Waals surface area contributed by atoms with Crippen LogP contribution >= 0.6 is 0 Å². The van der Waals surface area contributed by atoms with E-state index in [2.05, 4.69) is 4.98 Å². The third kappa shape index (κ3) is 3.71. The van der Waals surface area contributed by atoms with Crippen molar-refractivity contribution in [1.29, 1.82) is 0 Å². The minimum Gasteiger partial charge on any atom is -0.399 e. The molecule has 24 heavy (non-hydrogen) atoms. The molecule has 0 aliphatic heterocycles. The first kappa shape index (κ1) is 17.5. The van der Waals surface area contributed by atoms with Gasteiger partial charge in [0.15, 0.2) is 0 Å². The van der Waals surface area contributed by atoms with Crippen LogP contribution in [0.2, 0.25) is 0 Å². The van der Waals surface area contributed by atoms with Crippen molar-refractivity contribution < 1.29 is 26.5 Å². The number of alkyl halides is 3. The van der Waals surface area contributed by atoms with E-state index in [1.807, 2.05) is 4.72 Å². The van der Waals surface area contributed by atoms with Gasteiger partial charge in [0.1, 0.15) is 5.69 Å². The minimum absolute atomic E-state index is 0.272. The molecule has 0 saturated carbocycles. The van der Waals surface area contributed by atoms with Crippen LogP contribution in [0.1, 0.15) is 5.69 Å². The standard InChI is InChI=1S/C12H9F3N4O4S/c13-12(14,15)10-6-5-9(11(17-10)19(20)21)18-24(22,23)8-3-1-7(16)2-4-8/h1-6,18H,16H2. The van der Waals surface area contributed by atoms with Crippen molar-refractivity contribution in [3.8, 4) is 0 Å². The second-order valence-corrected chi connectivity index (χ2v) is 6.18. The molecule has 12 heteroatoms. The van der Waals surface area contributed by atoms with E-state index >= 15 is 0 Å². The molecule has 2 aromatic rings. The molecule has 3 N–H and O–H groups in total. The zero-order valence-electron chi connectivity index (χ0n) is 11.6. The van der Waals surface area contributed by atoms with Crippen molar-refractivity contribution in [3.63, 3.8) is 0 Å². The lowest BCUT2D eigenvalue weighted by Crippen LogP contribution is -2.16. The van der Waals surface area contributed by atoms with Crippen molar-refractivity contribution >= 4 is 27.2 Å². The maximum atomic E-state index is 12.6. The van der Waals surface area contributed by atoms with Crippen LogP contribution in [0.15, 0.2) is 41.3 Å². The molecular weight excluding hydrogens is 353 g/mol. The van der Waals surface area contributed by atoms with Crippen LogP contribution in [0.4, 0.5) is 30.4 Å². The molecule has 8 nitrogen and oxygen atoms in total. The molecule has 1 aromatic heterocycles. The predicted molar refractivity (Wildman–Crippen MR) is 77.6 cm³/mol. The lowest BCUT2D eigenvalue weighted by Gasteiger charge is -2.09. The van der Waals surface area contributed by atoms with Crippen molar-refractivity contribution in [1.82, 2.24) is 4.98 Å². The quantitative estimate of drug-likeness (QED) is 0.488. The minimum atomic E-state index is -4.90. The Kier molecular flexibility index (Phi) is 4.34. The van der Waals surface area contributed by atoms with E-state index in [9.17, 15) is 31.7 Å². The monoisotopic (exact) mass is 362 g/mol. The highest BCUT2D eigenvalue weighted by atomic mass is 32.2. The van der Waals surface area contributed by atoms with Crippen molar-refractivity contribution in [2.75, 3.05) is 10.5 Å². The highest BCUT2D eigenvalue weighted by molar-refractivity contribution is 7.92. The normalized spacial score (nSPS) is 12.0. The maximum Gasteiger partial charge on any atom is 0.457 e. The lowest BCUT2D eigenvalue weighted by atomic mass is 10.3. The number of nitro groups is 1. The van der Waals surface area contributed by atoms with Crippen molar-refractivity contribution in [2.24, 2.45) is 0 Å². The van der Waals surface area contributed by atoms with Gasteiger partial charge in [-0.3, -0.25) is 4.72 Å². The van der Waals surface area contributed by atoms with Gasteiger partial charge in [-0.25, -0.2) is 8.42 Å². The molecule has 0 aliphatic rings. The van der Waals surface area contributed by atoms with Gasteiger partial charge in [-0.1, -0.05) is 0 Å². The van der Waals surface area contributed by atoms with Gasteiger partial charge < -0.3 is 15.8 Å². The van der Waals surface area contributed by atoms with Crippen LogP contribution in [0.25, 0.3) is 0 Å². The summed E-state index contributed by atoms with van der Waals surface area (Å²) >= 11 is 0. The van der Waals surface area contributed by atoms with E-state index in [-0.39, 0.29) is 10.6 Å². The SMILES string of the molecule is Nc1ccc(S(=O)(=O)Nc2ccc(C(F)(F)F)nc2[N+](=O)[O-])cc1. The molecule has 1 aromatic carbocycles. The molecule has 0 bridgehead atoms. The molecular formula is C12H9F3N4O4S. The number of pyridine rings is 1. The number of nitrogens with one attached hydrogen (secondary N) is 1. The zero-order valence-corrected chi connectivity index (χ0v) is 12.4. The first-order valence-corrected chi connectivity index (χ1v) is 7.60. The lowest BCUT2D eigenvalue weighted by molar-refractivity contribution is -0.389. The summed E-state index contributed by atoms with van der Waals surface area (Å²) in [5.41, 5.74) is 3.51. The Hall–Kier alpha value is -2.89. The second kappa shape index (κ2) is 5.96. The van der Waals surface area contributed by atoms with E-state index < -0.39 is 38.3 Å². The number of nitrogen functional groups attached to an aromatic ring is 1. The highest BCUT2D eigenvalue weighted by Crippen LogP contribution is 2.32. The molecule has 1 heterocycles. The van der Waals surface area contributed by atoms with Gasteiger partial charge in [0.25, 0.3) is 15.7 Å². The Morgan fingerprint density at radius 1 is 1.12 bits per heavy atom. The molecule has 0 unspecified atom stereocenters. The number of aromatic nitrogens is 1. The van der Waals surface area contributed by atoms with Gasteiger partial charge in [0.05, 0.1) is 4.90 Å². The molecule has 0 fully saturated rings. The highest BCUT2D eigenvalue weighted by Gasteiger charge is 2.39. The molecule has 0 aliphatic carbocycles. The van der Waals surface area contributed by atoms with Gasteiger partial charge in [0.2, 0.25) is 0 Å². The number of sulfonamides is 1. The number of hydrogen-bond acceptors (Lipinski definition) is 6. The van der Waals surface area contributed by atoms with Crippen LogP contribution in [0, 0.1) is 10.1 Å². The Morgan fingerprint density at radius 3 is 2.21 bits per heavy atom. The summed E-state index contributed by atoms with van der Waals surface area (Å²) in [5, 5.41) is 10.9. The molecule has 128 valence electrons. The Bertz CT molecular complexity index is 882. The van der Waals surface area contributed by atoms with Crippen molar-refractivity contribution in [3.05, 3.63) is 52.2 Å². The third-order valence-electron chi connectivity index (χ3n) is 2.77. The van der Waals surface area contributed by atoms with Gasteiger partial charge in [-0.05, 0) is 46.3 Å². The maximum absolute atomic E-state index is 12.6. The summed E-state index contributed by atoms with van der Waals surface area (Å²) in [6, 6.07) is 5.92. The van der Waals surface area contributed by atoms with E-state index in [1.54, 1.807) is 0 Å². The second-order valence-electron chi connectivity index (χ2n) is 4.50. The number of nitrogens with two attached hydrogens (primary N) is 1. The molecule has 0 saturated heterocycles. The largest absolute Gasteiger partial charge is 0.457 e. The average molecular weight is 362 g/mol. The predicted octanol–water partition coefficient (Wildman–Crippen LogP) is 2.39. The topological polar surface area (TPSA) is 128 Å². The summed E-state index contributed by atoms with van der Waals surface area (Å²) < 4.78 is 63.8. The number of nitrogens with zero attached hydrogens (tertiary/aromatic N) is 2. The summed E-state index contributed by atoms with van der Waals surface area (Å²) in [5.74, 6) is -1.26. The van der Waals surface area contributed by atoms with E-state index in [0.29, 0.717) is 12.1 Å². The first-order chi connectivity index (χ1) is 11.0. The van der Waals surface area contributed by atoms with Gasteiger partial charge in [0, 0.05) is 5.69 Å². The number of halogens is 3. The summed E-state index contributed by atoms with van der Waals surface area (Å²) in [6.45, 7) is 0. The van der Waals surface area contributed by atoms with Gasteiger partial charge in [-0.15, -0.1) is 0 Å². The van der Waals surface area contributed by atoms with Gasteiger partial charge in [-0.2, -0.15) is 13.2 Å². The van der Waals surface area contributed by atoms with Crippen LogP contribution in [0.5, 0.6) is 0 Å². The number of benzene rings is 1. The smallest absolute Gasteiger partial charge is 0.399 e. The van der Waals surface area contributed by atoms with Crippen LogP contribution in [0.3, 0.4) is 0 Å². The number of rotatable bonds is 4. The first-order valence-electron chi connectivity index (χ1n) is 6.12. The molecule has 0 spiro atoms. The Balaban J connectivity index is 2.45. The molecule has 2 rings (SSSR count). The van der Waals surface area contributed by atoms with Crippen molar-refractivity contribution in [2.45, 2.75) is 11.1 Å². The number of anilines is 2. The van der Waals surface area contributed by atoms with Gasteiger partial charge >= 0.3 is 12.0 Å². The van der Waals surface area contributed by atoms with E-state index in [0.717, 1.165) is 12.1 Å². The third-order valence-corrected chi connectivity index (χ3v) is 4.15. The van der Waals surface area contributed by atoms with Crippen LogP contribution in [-0.2, 0) is 16.2 Å². The molecule has 0 radical (unpaired) electrons. The molecule has 0 atom stereocenters. The molecule has 0 amide bonds. The number of hydrogen-bond donors (Lipinski definition) is 2. The average Bonchev–Trinajstić information content (AvgIpc) is 2.46.